The number of aliphatic hydroxyl groups is 1. The molecule has 13 heavy (non-hydrogen) atoms. The number of unbranched alkanes of at least 4 members (excludes halogenated alkanes) is 2. The van der Waals surface area contributed by atoms with Crippen molar-refractivity contribution >= 4 is 0 Å². The number of rotatable bonds is 9. The monoisotopic (exact) mass is 188 g/mol. The lowest BCUT2D eigenvalue weighted by molar-refractivity contribution is 0.272. The molecule has 0 fully saturated rings. The summed E-state index contributed by atoms with van der Waals surface area (Å²) in [6.45, 7) is 5.23. The van der Waals surface area contributed by atoms with Crippen LogP contribution in [-0.4, -0.2) is 24.3 Å². The van der Waals surface area contributed by atoms with Crippen molar-refractivity contribution in [2.75, 3.05) is 13.2 Å². The van der Waals surface area contributed by atoms with Crippen LogP contribution in [0.25, 0.3) is 0 Å². The van der Waals surface area contributed by atoms with Gasteiger partial charge >= 0.3 is 0 Å². The third kappa shape index (κ3) is 8.22. The molecule has 0 aliphatic heterocycles. The number of hydrazine groups is 1. The van der Waals surface area contributed by atoms with E-state index in [4.69, 9.17) is 5.11 Å². The lowest BCUT2D eigenvalue weighted by atomic mass is 10.1. The Hall–Kier alpha value is -0.120. The van der Waals surface area contributed by atoms with Crippen molar-refractivity contribution in [2.24, 2.45) is 0 Å². The summed E-state index contributed by atoms with van der Waals surface area (Å²) >= 11 is 0. The summed E-state index contributed by atoms with van der Waals surface area (Å²) in [6.07, 6.45) is 6.26. The average molecular weight is 188 g/mol. The molecule has 3 nitrogen and oxygen atoms in total. The number of hydrogen-bond acceptors (Lipinski definition) is 3. The van der Waals surface area contributed by atoms with E-state index in [-0.39, 0.29) is 6.61 Å². The summed E-state index contributed by atoms with van der Waals surface area (Å²) < 4.78 is 0. The molecule has 1 atom stereocenters. The van der Waals surface area contributed by atoms with E-state index in [2.05, 4.69) is 24.7 Å². The summed E-state index contributed by atoms with van der Waals surface area (Å²) in [7, 11) is 0. The van der Waals surface area contributed by atoms with E-state index >= 15 is 0 Å². The molecule has 0 heterocycles. The van der Waals surface area contributed by atoms with Gasteiger partial charge in [-0.1, -0.05) is 33.1 Å². The molecular weight excluding hydrogens is 164 g/mol. The van der Waals surface area contributed by atoms with E-state index in [1.165, 1.54) is 25.7 Å². The van der Waals surface area contributed by atoms with Crippen molar-refractivity contribution in [1.82, 2.24) is 10.9 Å². The largest absolute Gasteiger partial charge is 0.395 e. The number of hydrogen-bond donors (Lipinski definition) is 3. The highest BCUT2D eigenvalue weighted by Gasteiger charge is 2.03. The third-order valence-corrected chi connectivity index (χ3v) is 2.19. The van der Waals surface area contributed by atoms with Gasteiger partial charge in [-0.25, -0.2) is 0 Å². The first kappa shape index (κ1) is 12.9. The molecule has 0 aromatic heterocycles. The predicted octanol–water partition coefficient (Wildman–Crippen LogP) is 1.43. The number of nitrogens with one attached hydrogen (secondary N) is 2. The van der Waals surface area contributed by atoms with Crippen LogP contribution in [0.2, 0.25) is 0 Å². The standard InChI is InChI=1S/C10H24N2O/c1-3-5-6-7-10(4-2)12-11-8-9-13/h10-13H,3-9H2,1-2H3. The maximum atomic E-state index is 8.56. The van der Waals surface area contributed by atoms with Gasteiger partial charge in [0.15, 0.2) is 0 Å². The van der Waals surface area contributed by atoms with Crippen LogP contribution in [0, 0.1) is 0 Å². The van der Waals surface area contributed by atoms with Gasteiger partial charge in [0.25, 0.3) is 0 Å². The molecule has 1 unspecified atom stereocenters. The van der Waals surface area contributed by atoms with Crippen LogP contribution in [0.4, 0.5) is 0 Å². The second kappa shape index (κ2) is 9.96. The summed E-state index contributed by atoms with van der Waals surface area (Å²) in [5.41, 5.74) is 6.23. The molecule has 3 heteroatoms. The summed E-state index contributed by atoms with van der Waals surface area (Å²) in [4.78, 5) is 0. The van der Waals surface area contributed by atoms with Gasteiger partial charge in [-0.15, -0.1) is 0 Å². The van der Waals surface area contributed by atoms with Crippen molar-refractivity contribution in [3.8, 4) is 0 Å². The Morgan fingerprint density at radius 3 is 2.54 bits per heavy atom. The minimum Gasteiger partial charge on any atom is -0.395 e. The predicted molar refractivity (Wildman–Crippen MR) is 56.4 cm³/mol. The van der Waals surface area contributed by atoms with Crippen molar-refractivity contribution in [2.45, 2.75) is 52.0 Å². The van der Waals surface area contributed by atoms with Crippen molar-refractivity contribution < 1.29 is 5.11 Å². The quantitative estimate of drug-likeness (QED) is 0.379. The molecule has 80 valence electrons. The van der Waals surface area contributed by atoms with Crippen molar-refractivity contribution in [1.29, 1.82) is 0 Å². The maximum absolute atomic E-state index is 8.56. The van der Waals surface area contributed by atoms with Crippen LogP contribution in [0.5, 0.6) is 0 Å². The fraction of sp³-hybridized carbons (Fsp3) is 1.00. The van der Waals surface area contributed by atoms with Gasteiger partial charge in [-0.2, -0.15) is 0 Å². The van der Waals surface area contributed by atoms with Crippen LogP contribution in [-0.2, 0) is 0 Å². The molecule has 0 bridgehead atoms. The van der Waals surface area contributed by atoms with E-state index in [1.807, 2.05) is 0 Å². The van der Waals surface area contributed by atoms with E-state index in [0.29, 0.717) is 12.6 Å². The van der Waals surface area contributed by atoms with Crippen molar-refractivity contribution in [3.63, 3.8) is 0 Å². The highest BCUT2D eigenvalue weighted by molar-refractivity contribution is 4.61. The summed E-state index contributed by atoms with van der Waals surface area (Å²) in [6, 6.07) is 0.554. The molecule has 0 aliphatic carbocycles. The van der Waals surface area contributed by atoms with Crippen LogP contribution < -0.4 is 10.9 Å². The van der Waals surface area contributed by atoms with Crippen molar-refractivity contribution in [3.05, 3.63) is 0 Å². The SMILES string of the molecule is CCCCCC(CC)NNCCO. The molecule has 0 radical (unpaired) electrons. The van der Waals surface area contributed by atoms with Crippen LogP contribution in [0.15, 0.2) is 0 Å². The van der Waals surface area contributed by atoms with E-state index in [1.54, 1.807) is 0 Å². The molecule has 0 amide bonds. The first-order chi connectivity index (χ1) is 6.35. The van der Waals surface area contributed by atoms with Crippen LogP contribution in [0.1, 0.15) is 46.0 Å². The number of aliphatic hydroxyl groups excluding tert-OH is 1. The Morgan fingerprint density at radius 1 is 1.23 bits per heavy atom. The molecule has 0 aliphatic rings. The zero-order valence-corrected chi connectivity index (χ0v) is 8.97. The second-order valence-electron chi connectivity index (χ2n) is 3.40. The molecule has 0 spiro atoms. The molecular formula is C10H24N2O. The zero-order valence-electron chi connectivity index (χ0n) is 8.97. The summed E-state index contributed by atoms with van der Waals surface area (Å²) in [5, 5.41) is 8.56. The molecule has 0 rings (SSSR count). The topological polar surface area (TPSA) is 44.3 Å². The van der Waals surface area contributed by atoms with Gasteiger partial charge in [-0.3, -0.25) is 10.9 Å². The van der Waals surface area contributed by atoms with E-state index in [0.717, 1.165) is 6.42 Å². The maximum Gasteiger partial charge on any atom is 0.0569 e. The molecule has 0 saturated heterocycles. The van der Waals surface area contributed by atoms with E-state index in [9.17, 15) is 0 Å². The molecule has 3 N–H and O–H groups in total. The Labute approximate surface area is 81.9 Å². The Kier molecular flexibility index (Phi) is 9.87. The summed E-state index contributed by atoms with van der Waals surface area (Å²) in [5.74, 6) is 0. The lowest BCUT2D eigenvalue weighted by Gasteiger charge is -2.16. The third-order valence-electron chi connectivity index (χ3n) is 2.19. The van der Waals surface area contributed by atoms with Gasteiger partial charge in [0.2, 0.25) is 0 Å². The van der Waals surface area contributed by atoms with E-state index < -0.39 is 0 Å². The Bertz CT molecular complexity index is 88.9. The fourth-order valence-corrected chi connectivity index (χ4v) is 1.29. The molecule has 0 aromatic rings. The fourth-order valence-electron chi connectivity index (χ4n) is 1.29. The van der Waals surface area contributed by atoms with Gasteiger partial charge < -0.3 is 5.11 Å². The minimum atomic E-state index is 0.193. The molecule has 0 saturated carbocycles. The van der Waals surface area contributed by atoms with Gasteiger partial charge in [0.1, 0.15) is 0 Å². The van der Waals surface area contributed by atoms with Crippen LogP contribution in [0.3, 0.4) is 0 Å². The molecule has 0 aromatic carbocycles. The first-order valence-corrected chi connectivity index (χ1v) is 5.44. The Morgan fingerprint density at radius 2 is 2.00 bits per heavy atom. The first-order valence-electron chi connectivity index (χ1n) is 5.44. The Balaban J connectivity index is 3.28. The highest BCUT2D eigenvalue weighted by atomic mass is 16.3. The van der Waals surface area contributed by atoms with Gasteiger partial charge in [0, 0.05) is 12.6 Å². The van der Waals surface area contributed by atoms with Crippen LogP contribution >= 0.6 is 0 Å². The normalized spacial score (nSPS) is 13.2. The van der Waals surface area contributed by atoms with Gasteiger partial charge in [-0.05, 0) is 12.8 Å². The highest BCUT2D eigenvalue weighted by Crippen LogP contribution is 2.05. The second-order valence-corrected chi connectivity index (χ2v) is 3.40. The van der Waals surface area contributed by atoms with Gasteiger partial charge in [0.05, 0.1) is 6.61 Å². The lowest BCUT2D eigenvalue weighted by Crippen LogP contribution is -2.41. The minimum absolute atomic E-state index is 0.193. The zero-order chi connectivity index (χ0) is 9.94. The average Bonchev–Trinajstić information content (AvgIpc) is 2.16. The smallest absolute Gasteiger partial charge is 0.0569 e.